The van der Waals surface area contributed by atoms with Gasteiger partial charge in [0.2, 0.25) is 0 Å². The first-order chi connectivity index (χ1) is 14.3. The molecule has 4 rings (SSSR count). The molecular formula is C24H38FN5. The number of hydrogen-bond donors (Lipinski definition) is 1. The van der Waals surface area contributed by atoms with E-state index in [4.69, 9.17) is 9.98 Å². The van der Waals surface area contributed by atoms with Crippen LogP contribution in [-0.4, -0.2) is 53.8 Å². The van der Waals surface area contributed by atoms with Gasteiger partial charge in [-0.05, 0) is 75.8 Å². The second kappa shape index (κ2) is 8.35. The maximum absolute atomic E-state index is 13.3. The Kier molecular flexibility index (Phi) is 5.95. The van der Waals surface area contributed by atoms with Crippen molar-refractivity contribution in [2.75, 3.05) is 25.7 Å². The fourth-order valence-corrected chi connectivity index (χ4v) is 5.65. The van der Waals surface area contributed by atoms with E-state index in [1.807, 2.05) is 7.05 Å². The Balaban J connectivity index is 1.50. The molecule has 1 aromatic heterocycles. The SMILES string of the molecule is CNn1c(C)ccc(C)/c1=N/C(C)C1C[C@H]1C1N=C2CCC(CF)C(C)CN2C1C. The average Bonchev–Trinajstić information content (AvgIpc) is 3.48. The van der Waals surface area contributed by atoms with Crippen LogP contribution >= 0.6 is 0 Å². The van der Waals surface area contributed by atoms with Crippen molar-refractivity contribution >= 4 is 5.84 Å². The van der Waals surface area contributed by atoms with Crippen LogP contribution in [0.5, 0.6) is 0 Å². The Morgan fingerprint density at radius 3 is 2.77 bits per heavy atom. The summed E-state index contributed by atoms with van der Waals surface area (Å²) in [5, 5.41) is 0. The minimum absolute atomic E-state index is 0.188. The van der Waals surface area contributed by atoms with Gasteiger partial charge in [0.05, 0.1) is 24.6 Å². The van der Waals surface area contributed by atoms with E-state index in [2.05, 4.69) is 61.8 Å². The number of aryl methyl sites for hydroxylation is 2. The Hall–Kier alpha value is -1.85. The van der Waals surface area contributed by atoms with Crippen LogP contribution in [0.1, 0.15) is 51.3 Å². The Morgan fingerprint density at radius 1 is 1.30 bits per heavy atom. The zero-order chi connectivity index (χ0) is 21.6. The Labute approximate surface area is 180 Å². The number of amidine groups is 1. The molecule has 3 aliphatic rings. The monoisotopic (exact) mass is 415 g/mol. The fraction of sp³-hybridized carbons (Fsp3) is 0.750. The lowest BCUT2D eigenvalue weighted by Crippen LogP contribution is -2.40. The highest BCUT2D eigenvalue weighted by molar-refractivity contribution is 5.85. The van der Waals surface area contributed by atoms with E-state index in [0.717, 1.165) is 30.6 Å². The summed E-state index contributed by atoms with van der Waals surface area (Å²) in [5.74, 6) is 3.01. The number of fused-ring (bicyclic) bond motifs is 1. The number of aliphatic imine (C=N–C) groups is 1. The van der Waals surface area contributed by atoms with Crippen LogP contribution in [-0.2, 0) is 0 Å². The van der Waals surface area contributed by atoms with E-state index in [0.29, 0.717) is 29.8 Å². The third-order valence-electron chi connectivity index (χ3n) is 7.83. The highest BCUT2D eigenvalue weighted by Crippen LogP contribution is 2.49. The van der Waals surface area contributed by atoms with Crippen molar-refractivity contribution in [1.82, 2.24) is 9.58 Å². The van der Waals surface area contributed by atoms with Crippen LogP contribution in [0.25, 0.3) is 0 Å². The standard InChI is InChI=1S/C24H38FN5/c1-14-7-8-16(3)30(26-6)24(14)27-17(4)20-11-21(20)23-18(5)29-13-15(2)19(12-25)9-10-22(29)28-23/h7-8,15,17-21,23,26H,9-13H2,1-6H3/b27-24-/t15?,17?,18?,19?,20?,21-,23?/m1/s1. The molecule has 0 spiro atoms. The zero-order valence-electron chi connectivity index (χ0n) is 19.4. The van der Waals surface area contributed by atoms with Crippen LogP contribution in [0, 0.1) is 37.5 Å². The van der Waals surface area contributed by atoms with Gasteiger partial charge >= 0.3 is 0 Å². The number of aromatic nitrogens is 1. The van der Waals surface area contributed by atoms with Gasteiger partial charge in [-0.1, -0.05) is 13.0 Å². The van der Waals surface area contributed by atoms with E-state index in [1.54, 1.807) is 0 Å². The molecule has 1 saturated carbocycles. The fourth-order valence-electron chi connectivity index (χ4n) is 5.65. The molecule has 5 nitrogen and oxygen atoms in total. The summed E-state index contributed by atoms with van der Waals surface area (Å²) in [7, 11) is 1.94. The number of nitrogens with one attached hydrogen (secondary N) is 1. The van der Waals surface area contributed by atoms with Crippen LogP contribution in [0.2, 0.25) is 0 Å². The van der Waals surface area contributed by atoms with Gasteiger partial charge < -0.3 is 10.3 Å². The summed E-state index contributed by atoms with van der Waals surface area (Å²) in [4.78, 5) is 12.8. The molecule has 6 unspecified atom stereocenters. The van der Waals surface area contributed by atoms with Crippen LogP contribution in [0.4, 0.5) is 4.39 Å². The second-order valence-electron chi connectivity index (χ2n) is 9.83. The highest BCUT2D eigenvalue weighted by Gasteiger charge is 2.51. The van der Waals surface area contributed by atoms with Crippen LogP contribution in [0.15, 0.2) is 22.1 Å². The van der Waals surface area contributed by atoms with Gasteiger partial charge in [0, 0.05) is 31.7 Å². The predicted octanol–water partition coefficient (Wildman–Crippen LogP) is 3.69. The molecule has 2 aliphatic heterocycles. The number of hydrogen-bond acceptors (Lipinski definition) is 4. The van der Waals surface area contributed by atoms with Gasteiger partial charge in [0.1, 0.15) is 5.49 Å². The van der Waals surface area contributed by atoms with E-state index in [-0.39, 0.29) is 18.6 Å². The summed E-state index contributed by atoms with van der Waals surface area (Å²) in [6.07, 6.45) is 3.07. The molecule has 3 heterocycles. The number of rotatable bonds is 5. The first-order valence-electron chi connectivity index (χ1n) is 11.7. The number of alkyl halides is 1. The van der Waals surface area contributed by atoms with E-state index < -0.39 is 0 Å². The summed E-state index contributed by atoms with van der Waals surface area (Å²) < 4.78 is 15.4. The summed E-state index contributed by atoms with van der Waals surface area (Å²) in [5.41, 5.74) is 6.64. The minimum atomic E-state index is -0.200. The third kappa shape index (κ3) is 3.78. The second-order valence-corrected chi connectivity index (χ2v) is 9.83. The molecule has 1 saturated heterocycles. The van der Waals surface area contributed by atoms with Crippen LogP contribution in [0.3, 0.4) is 0 Å². The lowest BCUT2D eigenvalue weighted by atomic mass is 9.91. The Morgan fingerprint density at radius 2 is 2.07 bits per heavy atom. The first kappa shape index (κ1) is 21.4. The maximum atomic E-state index is 13.3. The lowest BCUT2D eigenvalue weighted by Gasteiger charge is -2.29. The molecule has 166 valence electrons. The largest absolute Gasteiger partial charge is 0.355 e. The van der Waals surface area contributed by atoms with Crippen molar-refractivity contribution < 1.29 is 4.39 Å². The summed E-state index contributed by atoms with van der Waals surface area (Å²) in [6, 6.07) is 5.34. The van der Waals surface area contributed by atoms with Gasteiger partial charge in [0.25, 0.3) is 0 Å². The summed E-state index contributed by atoms with van der Waals surface area (Å²) >= 11 is 0. The van der Waals surface area contributed by atoms with Crippen molar-refractivity contribution in [1.29, 1.82) is 0 Å². The summed E-state index contributed by atoms with van der Waals surface area (Å²) in [6.45, 7) is 11.8. The van der Waals surface area contributed by atoms with E-state index in [9.17, 15) is 4.39 Å². The van der Waals surface area contributed by atoms with Crippen LogP contribution < -0.4 is 10.9 Å². The first-order valence-corrected chi connectivity index (χ1v) is 11.7. The van der Waals surface area contributed by atoms with Crippen molar-refractivity contribution in [3.8, 4) is 0 Å². The average molecular weight is 416 g/mol. The maximum Gasteiger partial charge on any atom is 0.149 e. The number of nitrogens with zero attached hydrogens (tertiary/aromatic N) is 4. The van der Waals surface area contributed by atoms with Crippen molar-refractivity contribution in [2.45, 2.75) is 72.0 Å². The molecule has 1 N–H and O–H groups in total. The van der Waals surface area contributed by atoms with Crippen molar-refractivity contribution in [3.63, 3.8) is 0 Å². The normalized spacial score (nSPS) is 35.0. The smallest absolute Gasteiger partial charge is 0.149 e. The number of pyridine rings is 1. The van der Waals surface area contributed by atoms with Gasteiger partial charge in [-0.15, -0.1) is 0 Å². The molecule has 0 bridgehead atoms. The Bertz CT molecular complexity index is 875. The van der Waals surface area contributed by atoms with E-state index in [1.165, 1.54) is 17.8 Å². The van der Waals surface area contributed by atoms with Gasteiger partial charge in [-0.2, -0.15) is 0 Å². The number of halogens is 1. The van der Waals surface area contributed by atoms with E-state index >= 15 is 0 Å². The molecule has 0 radical (unpaired) electrons. The quantitative estimate of drug-likeness (QED) is 0.797. The molecule has 7 atom stereocenters. The predicted molar refractivity (Wildman–Crippen MR) is 121 cm³/mol. The third-order valence-corrected chi connectivity index (χ3v) is 7.83. The minimum Gasteiger partial charge on any atom is -0.355 e. The van der Waals surface area contributed by atoms with Gasteiger partial charge in [-0.3, -0.25) is 14.4 Å². The van der Waals surface area contributed by atoms with Gasteiger partial charge in [0.15, 0.2) is 0 Å². The molecule has 30 heavy (non-hydrogen) atoms. The zero-order valence-corrected chi connectivity index (χ0v) is 19.4. The molecule has 0 amide bonds. The lowest BCUT2D eigenvalue weighted by molar-refractivity contribution is 0.212. The molecular weight excluding hydrogens is 377 g/mol. The molecule has 0 aromatic carbocycles. The molecule has 2 fully saturated rings. The highest BCUT2D eigenvalue weighted by atomic mass is 19.1. The van der Waals surface area contributed by atoms with Crippen molar-refractivity contribution in [3.05, 3.63) is 28.9 Å². The molecule has 1 aliphatic carbocycles. The topological polar surface area (TPSA) is 44.9 Å². The van der Waals surface area contributed by atoms with Gasteiger partial charge in [-0.25, -0.2) is 4.68 Å². The molecule has 1 aromatic rings. The van der Waals surface area contributed by atoms with Crippen molar-refractivity contribution in [2.24, 2.45) is 33.7 Å². The molecule has 6 heteroatoms.